The van der Waals surface area contributed by atoms with Crippen molar-refractivity contribution in [2.24, 2.45) is 0 Å². The van der Waals surface area contributed by atoms with Crippen molar-refractivity contribution < 1.29 is 9.53 Å². The van der Waals surface area contributed by atoms with E-state index >= 15 is 0 Å². The molecule has 1 amide bonds. The van der Waals surface area contributed by atoms with Gasteiger partial charge in [0.1, 0.15) is 17.0 Å². The maximum absolute atomic E-state index is 12.7. The molecule has 8 heteroatoms. The number of carbonyl (C=O) groups excluding carboxylic acids is 1. The molecule has 0 unspecified atom stereocenters. The summed E-state index contributed by atoms with van der Waals surface area (Å²) in [5, 5.41) is 5.39. The monoisotopic (exact) mass is 399 g/mol. The van der Waals surface area contributed by atoms with Crippen LogP contribution in [-0.2, 0) is 0 Å². The van der Waals surface area contributed by atoms with Gasteiger partial charge in [-0.3, -0.25) is 9.48 Å². The molecule has 0 radical (unpaired) electrons. The van der Waals surface area contributed by atoms with Gasteiger partial charge in [0, 0.05) is 38.4 Å². The number of hydrogen-bond donors (Lipinski definition) is 0. The molecule has 0 spiro atoms. The van der Waals surface area contributed by atoms with E-state index in [1.165, 1.54) is 5.56 Å². The zero-order chi connectivity index (χ0) is 19.8. The minimum Gasteiger partial charge on any atom is -0.494 e. The SMILES string of the molecule is COc1ccc(C)c2sc(N3CCN(C(=O)c4ccn(C(C)C)n4)CC3)nc12. The van der Waals surface area contributed by atoms with E-state index in [1.54, 1.807) is 24.5 Å². The highest BCUT2D eigenvalue weighted by Crippen LogP contribution is 2.36. The Morgan fingerprint density at radius 1 is 1.18 bits per heavy atom. The summed E-state index contributed by atoms with van der Waals surface area (Å²) in [6.45, 7) is 9.05. The summed E-state index contributed by atoms with van der Waals surface area (Å²) in [6.07, 6.45) is 1.87. The zero-order valence-corrected chi connectivity index (χ0v) is 17.5. The van der Waals surface area contributed by atoms with Crippen LogP contribution in [0.15, 0.2) is 24.4 Å². The number of aromatic nitrogens is 3. The molecule has 0 saturated carbocycles. The molecule has 1 fully saturated rings. The normalized spacial score (nSPS) is 14.9. The second kappa shape index (κ2) is 7.43. The summed E-state index contributed by atoms with van der Waals surface area (Å²) in [6, 6.07) is 6.08. The molecule has 2 aromatic heterocycles. The Morgan fingerprint density at radius 3 is 2.57 bits per heavy atom. The highest BCUT2D eigenvalue weighted by molar-refractivity contribution is 7.22. The fourth-order valence-corrected chi connectivity index (χ4v) is 4.50. The number of ether oxygens (including phenoxy) is 1. The Bertz CT molecular complexity index is 1000. The minimum absolute atomic E-state index is 0.000800. The summed E-state index contributed by atoms with van der Waals surface area (Å²) >= 11 is 1.69. The van der Waals surface area contributed by atoms with E-state index in [0.29, 0.717) is 18.8 Å². The standard InChI is InChI=1S/C20H25N5O2S/c1-13(2)25-8-7-15(22-25)19(26)23-9-11-24(12-10-23)20-21-17-16(27-4)6-5-14(3)18(17)28-20/h5-8,13H,9-12H2,1-4H3. The van der Waals surface area contributed by atoms with Crippen LogP contribution in [0.5, 0.6) is 5.75 Å². The predicted octanol–water partition coefficient (Wildman–Crippen LogP) is 3.35. The molecule has 1 aliphatic rings. The van der Waals surface area contributed by atoms with Crippen molar-refractivity contribution in [3.63, 3.8) is 0 Å². The Hall–Kier alpha value is -2.61. The molecule has 1 saturated heterocycles. The molecule has 1 aliphatic heterocycles. The number of methoxy groups -OCH3 is 1. The molecular formula is C20H25N5O2S. The van der Waals surface area contributed by atoms with E-state index in [0.717, 1.165) is 34.2 Å². The van der Waals surface area contributed by atoms with Gasteiger partial charge < -0.3 is 14.5 Å². The average Bonchev–Trinajstić information content (AvgIpc) is 3.36. The third kappa shape index (κ3) is 3.32. The number of anilines is 1. The van der Waals surface area contributed by atoms with Gasteiger partial charge >= 0.3 is 0 Å². The van der Waals surface area contributed by atoms with Crippen molar-refractivity contribution in [2.75, 3.05) is 38.2 Å². The number of aryl methyl sites for hydroxylation is 1. The van der Waals surface area contributed by atoms with Crippen LogP contribution in [0.2, 0.25) is 0 Å². The van der Waals surface area contributed by atoms with Gasteiger partial charge in [0.2, 0.25) is 0 Å². The number of nitrogens with zero attached hydrogens (tertiary/aromatic N) is 5. The van der Waals surface area contributed by atoms with E-state index in [9.17, 15) is 4.79 Å². The molecule has 0 aliphatic carbocycles. The third-order valence-electron chi connectivity index (χ3n) is 5.11. The first-order valence-electron chi connectivity index (χ1n) is 9.51. The number of thiazole rings is 1. The molecule has 7 nitrogen and oxygen atoms in total. The third-order valence-corrected chi connectivity index (χ3v) is 6.36. The van der Waals surface area contributed by atoms with Gasteiger partial charge in [0.25, 0.3) is 5.91 Å². The number of fused-ring (bicyclic) bond motifs is 1. The number of rotatable bonds is 4. The van der Waals surface area contributed by atoms with Gasteiger partial charge in [-0.1, -0.05) is 17.4 Å². The van der Waals surface area contributed by atoms with Crippen molar-refractivity contribution in [1.29, 1.82) is 0 Å². The molecule has 148 valence electrons. The Morgan fingerprint density at radius 2 is 1.93 bits per heavy atom. The quantitative estimate of drug-likeness (QED) is 0.673. The van der Waals surface area contributed by atoms with Gasteiger partial charge in [-0.05, 0) is 38.5 Å². The summed E-state index contributed by atoms with van der Waals surface area (Å²) in [4.78, 5) is 21.7. The largest absolute Gasteiger partial charge is 0.494 e. The van der Waals surface area contributed by atoms with Crippen LogP contribution >= 0.6 is 11.3 Å². The second-order valence-electron chi connectivity index (χ2n) is 7.31. The Kier molecular flexibility index (Phi) is 4.97. The second-order valence-corrected chi connectivity index (χ2v) is 8.29. The summed E-state index contributed by atoms with van der Waals surface area (Å²) in [5.41, 5.74) is 2.64. The number of carbonyl (C=O) groups is 1. The number of benzene rings is 1. The molecule has 28 heavy (non-hydrogen) atoms. The molecule has 3 heterocycles. The van der Waals surface area contributed by atoms with Crippen molar-refractivity contribution in [3.8, 4) is 5.75 Å². The minimum atomic E-state index is 0.000800. The smallest absolute Gasteiger partial charge is 0.274 e. The van der Waals surface area contributed by atoms with Crippen LogP contribution in [0.4, 0.5) is 5.13 Å². The van der Waals surface area contributed by atoms with Crippen molar-refractivity contribution in [2.45, 2.75) is 26.8 Å². The van der Waals surface area contributed by atoms with Gasteiger partial charge in [0.05, 0.1) is 11.8 Å². The molecule has 3 aromatic rings. The lowest BCUT2D eigenvalue weighted by Crippen LogP contribution is -2.48. The van der Waals surface area contributed by atoms with Gasteiger partial charge in [-0.2, -0.15) is 5.10 Å². The first kappa shape index (κ1) is 18.7. The highest BCUT2D eigenvalue weighted by Gasteiger charge is 2.26. The molecule has 0 N–H and O–H groups in total. The van der Waals surface area contributed by atoms with E-state index in [2.05, 4.69) is 36.8 Å². The van der Waals surface area contributed by atoms with Crippen LogP contribution in [0.25, 0.3) is 10.2 Å². The number of hydrogen-bond acceptors (Lipinski definition) is 6. The first-order valence-corrected chi connectivity index (χ1v) is 10.3. The first-order chi connectivity index (χ1) is 13.5. The van der Waals surface area contributed by atoms with Crippen LogP contribution < -0.4 is 9.64 Å². The summed E-state index contributed by atoms with van der Waals surface area (Å²) in [5.74, 6) is 0.804. The van der Waals surface area contributed by atoms with Crippen LogP contribution in [0.3, 0.4) is 0 Å². The lowest BCUT2D eigenvalue weighted by Gasteiger charge is -2.34. The van der Waals surface area contributed by atoms with Crippen molar-refractivity contribution in [1.82, 2.24) is 19.7 Å². The fraction of sp³-hybridized carbons (Fsp3) is 0.450. The molecule has 0 atom stereocenters. The van der Waals surface area contributed by atoms with Crippen molar-refractivity contribution >= 4 is 32.6 Å². The van der Waals surface area contributed by atoms with E-state index in [1.807, 2.05) is 21.8 Å². The number of amides is 1. The lowest BCUT2D eigenvalue weighted by molar-refractivity contribution is 0.0739. The molecular weight excluding hydrogens is 374 g/mol. The highest BCUT2D eigenvalue weighted by atomic mass is 32.1. The van der Waals surface area contributed by atoms with E-state index in [-0.39, 0.29) is 11.9 Å². The van der Waals surface area contributed by atoms with Gasteiger partial charge in [-0.15, -0.1) is 0 Å². The van der Waals surface area contributed by atoms with E-state index in [4.69, 9.17) is 9.72 Å². The summed E-state index contributed by atoms with van der Waals surface area (Å²) < 4.78 is 8.44. The lowest BCUT2D eigenvalue weighted by atomic mass is 10.2. The molecule has 0 bridgehead atoms. The Labute approximate surface area is 168 Å². The average molecular weight is 400 g/mol. The van der Waals surface area contributed by atoms with Crippen LogP contribution in [-0.4, -0.2) is 58.9 Å². The maximum Gasteiger partial charge on any atom is 0.274 e. The predicted molar refractivity (Wildman–Crippen MR) is 112 cm³/mol. The topological polar surface area (TPSA) is 63.5 Å². The Balaban J connectivity index is 1.47. The number of piperazine rings is 1. The molecule has 4 rings (SSSR count). The van der Waals surface area contributed by atoms with Crippen LogP contribution in [0, 0.1) is 6.92 Å². The maximum atomic E-state index is 12.7. The van der Waals surface area contributed by atoms with Gasteiger partial charge in [0.15, 0.2) is 5.13 Å². The van der Waals surface area contributed by atoms with Gasteiger partial charge in [-0.25, -0.2) is 4.98 Å². The van der Waals surface area contributed by atoms with Crippen molar-refractivity contribution in [3.05, 3.63) is 35.7 Å². The van der Waals surface area contributed by atoms with Crippen LogP contribution in [0.1, 0.15) is 35.9 Å². The van der Waals surface area contributed by atoms with E-state index < -0.39 is 0 Å². The summed E-state index contributed by atoms with van der Waals surface area (Å²) in [7, 11) is 1.67. The molecule has 1 aromatic carbocycles. The fourth-order valence-electron chi connectivity index (χ4n) is 3.40. The zero-order valence-electron chi connectivity index (χ0n) is 16.7.